The normalized spacial score (nSPS) is 24.4. The molecule has 8 nitrogen and oxygen atoms in total. The zero-order valence-electron chi connectivity index (χ0n) is 24.2. The van der Waals surface area contributed by atoms with Crippen molar-refractivity contribution in [3.8, 4) is 0 Å². The Kier molecular flexibility index (Phi) is 12.4. The molecule has 4 atom stereocenters. The van der Waals surface area contributed by atoms with E-state index in [4.69, 9.17) is 16.8 Å². The number of urea groups is 1. The number of amides is 3. The number of fused-ring (bicyclic) bond motifs is 2. The van der Waals surface area contributed by atoms with Gasteiger partial charge in [-0.3, -0.25) is 10.1 Å². The van der Waals surface area contributed by atoms with E-state index in [9.17, 15) is 9.59 Å². The predicted octanol–water partition coefficient (Wildman–Crippen LogP) is 5.73. The molecule has 1 aromatic rings. The first kappa shape index (κ1) is 32.5. The van der Waals surface area contributed by atoms with Crippen LogP contribution in [0.15, 0.2) is 29.4 Å². The number of nitrogens with zero attached hydrogens (tertiary/aromatic N) is 4. The predicted molar refractivity (Wildman–Crippen MR) is 163 cm³/mol. The molecule has 3 aliphatic rings. The second-order valence-corrected chi connectivity index (χ2v) is 11.9. The van der Waals surface area contributed by atoms with Gasteiger partial charge >= 0.3 is 6.03 Å². The molecule has 2 saturated heterocycles. The average molecular weight is 597 g/mol. The van der Waals surface area contributed by atoms with E-state index in [1.165, 1.54) is 25.5 Å². The topological polar surface area (TPSA) is 88.5 Å². The molecular weight excluding hydrogens is 549 g/mol. The van der Waals surface area contributed by atoms with Crippen molar-refractivity contribution in [2.45, 2.75) is 121 Å². The third-order valence-corrected chi connectivity index (χ3v) is 9.24. The highest BCUT2D eigenvalue weighted by atomic mass is 35.5. The van der Waals surface area contributed by atoms with Crippen LogP contribution < -0.4 is 5.32 Å². The van der Waals surface area contributed by atoms with Gasteiger partial charge in [0.05, 0.1) is 12.3 Å². The number of carbonyl (C=O) groups is 2. The van der Waals surface area contributed by atoms with E-state index < -0.39 is 6.04 Å². The van der Waals surface area contributed by atoms with Crippen LogP contribution in [0.3, 0.4) is 0 Å². The van der Waals surface area contributed by atoms with Gasteiger partial charge in [0.15, 0.2) is 0 Å². The summed E-state index contributed by atoms with van der Waals surface area (Å²) in [6.07, 6.45) is 11.4. The fraction of sp³-hybridized carbons (Fsp3) is 0.700. The first-order chi connectivity index (χ1) is 18.9. The number of oxime groups is 1. The Morgan fingerprint density at radius 1 is 1.05 bits per heavy atom. The molecule has 3 unspecified atom stereocenters. The van der Waals surface area contributed by atoms with Crippen molar-refractivity contribution in [3.05, 3.63) is 34.9 Å². The fourth-order valence-electron chi connectivity index (χ4n) is 7.08. The molecule has 2 aliphatic heterocycles. The molecule has 10 heteroatoms. The molecule has 2 bridgehead atoms. The summed E-state index contributed by atoms with van der Waals surface area (Å²) in [6, 6.07) is 7.80. The molecular formula is C30H47Cl2N5O3. The number of nitrogens with one attached hydrogen (secondary N) is 1. The van der Waals surface area contributed by atoms with E-state index in [1.54, 1.807) is 0 Å². The van der Waals surface area contributed by atoms with Crippen molar-refractivity contribution in [3.63, 3.8) is 0 Å². The van der Waals surface area contributed by atoms with Crippen molar-refractivity contribution in [2.75, 3.05) is 13.1 Å². The van der Waals surface area contributed by atoms with E-state index in [1.807, 2.05) is 36.1 Å². The van der Waals surface area contributed by atoms with E-state index in [0.717, 1.165) is 57.2 Å². The van der Waals surface area contributed by atoms with Crippen LogP contribution in [0, 0.1) is 0 Å². The SMILES string of the molecule is CCN(CC)C(=O)N(C1CCCCC1)C1CC2CCC(C1)N2C(=O)[C@@H](Cc1ccc(Cl)cc1)NC(C)/C=N/O.Cl. The summed E-state index contributed by atoms with van der Waals surface area (Å²) in [5.74, 6) is 0.0911. The lowest BCUT2D eigenvalue weighted by molar-refractivity contribution is -0.139. The summed E-state index contributed by atoms with van der Waals surface area (Å²) in [7, 11) is 0. The van der Waals surface area contributed by atoms with Gasteiger partial charge in [0.2, 0.25) is 5.91 Å². The van der Waals surface area contributed by atoms with Crippen molar-refractivity contribution < 1.29 is 14.8 Å². The number of rotatable bonds is 10. The van der Waals surface area contributed by atoms with Crippen LogP contribution in [0.1, 0.15) is 84.1 Å². The van der Waals surface area contributed by atoms with Crippen LogP contribution in [0.25, 0.3) is 0 Å². The van der Waals surface area contributed by atoms with Crippen LogP contribution in [0.5, 0.6) is 0 Å². The highest BCUT2D eigenvalue weighted by Gasteiger charge is 2.48. The maximum atomic E-state index is 14.1. The molecule has 224 valence electrons. The minimum atomic E-state index is -0.453. The standard InChI is InChI=1S/C30H46ClN5O3.ClH/c1-4-34(5-2)30(38)36(24-9-7-6-8-10-24)27-18-25-15-16-26(19-27)35(25)29(37)28(33-21(3)20-32-39)17-22-11-13-23(31)14-12-22;/h11-14,20-21,24-28,33,39H,4-10,15-19H2,1-3H3;1H/b32-20+;/t21?,25?,26?,27?,28-;/m1./s1. The minimum Gasteiger partial charge on any atom is -0.411 e. The Balaban J connectivity index is 0.00000441. The van der Waals surface area contributed by atoms with Gasteiger partial charge in [-0.15, -0.1) is 17.6 Å². The molecule has 0 aromatic heterocycles. The molecule has 3 fully saturated rings. The number of benzene rings is 1. The molecule has 0 radical (unpaired) electrons. The second-order valence-electron chi connectivity index (χ2n) is 11.5. The number of hydrogen-bond donors (Lipinski definition) is 2. The van der Waals surface area contributed by atoms with E-state index in [-0.39, 0.29) is 48.5 Å². The van der Waals surface area contributed by atoms with Gasteiger partial charge in [-0.1, -0.05) is 43.0 Å². The molecule has 3 amide bonds. The van der Waals surface area contributed by atoms with Gasteiger partial charge in [0, 0.05) is 48.3 Å². The van der Waals surface area contributed by atoms with E-state index in [0.29, 0.717) is 17.5 Å². The Morgan fingerprint density at radius 2 is 1.65 bits per heavy atom. The summed E-state index contributed by atoms with van der Waals surface area (Å²) in [6.45, 7) is 7.43. The fourth-order valence-corrected chi connectivity index (χ4v) is 7.20. The second kappa shape index (κ2) is 15.3. The quantitative estimate of drug-likeness (QED) is 0.205. The number of halogens is 2. The lowest BCUT2D eigenvalue weighted by atomic mass is 9.89. The molecule has 1 saturated carbocycles. The highest BCUT2D eigenvalue weighted by molar-refractivity contribution is 6.30. The third-order valence-electron chi connectivity index (χ3n) is 8.98. The Labute approximate surface area is 250 Å². The summed E-state index contributed by atoms with van der Waals surface area (Å²) >= 11 is 6.09. The van der Waals surface area contributed by atoms with Gasteiger partial charge in [0.1, 0.15) is 0 Å². The van der Waals surface area contributed by atoms with Gasteiger partial charge < -0.3 is 19.9 Å². The number of piperidine rings is 1. The van der Waals surface area contributed by atoms with Gasteiger partial charge in [-0.2, -0.15) is 0 Å². The minimum absolute atomic E-state index is 0. The Morgan fingerprint density at radius 3 is 2.20 bits per heavy atom. The summed E-state index contributed by atoms with van der Waals surface area (Å²) in [5, 5.41) is 16.3. The zero-order valence-corrected chi connectivity index (χ0v) is 25.7. The smallest absolute Gasteiger partial charge is 0.320 e. The maximum absolute atomic E-state index is 14.1. The van der Waals surface area contributed by atoms with Crippen LogP contribution in [-0.4, -0.2) is 87.4 Å². The average Bonchev–Trinajstić information content (AvgIpc) is 3.20. The van der Waals surface area contributed by atoms with E-state index in [2.05, 4.69) is 34.1 Å². The van der Waals surface area contributed by atoms with Gasteiger partial charge in [-0.05, 0) is 83.4 Å². The molecule has 0 spiro atoms. The highest BCUT2D eigenvalue weighted by Crippen LogP contribution is 2.40. The summed E-state index contributed by atoms with van der Waals surface area (Å²) in [5.41, 5.74) is 1.02. The molecule has 2 N–H and O–H groups in total. The monoisotopic (exact) mass is 595 g/mol. The van der Waals surface area contributed by atoms with Crippen LogP contribution in [-0.2, 0) is 11.2 Å². The molecule has 1 aromatic carbocycles. The first-order valence-electron chi connectivity index (χ1n) is 14.9. The summed E-state index contributed by atoms with van der Waals surface area (Å²) in [4.78, 5) is 34.2. The first-order valence-corrected chi connectivity index (χ1v) is 15.3. The van der Waals surface area contributed by atoms with Crippen molar-refractivity contribution in [2.24, 2.45) is 5.16 Å². The number of carbonyl (C=O) groups excluding carboxylic acids is 2. The van der Waals surface area contributed by atoms with Crippen molar-refractivity contribution >= 4 is 42.2 Å². The third kappa shape index (κ3) is 7.62. The van der Waals surface area contributed by atoms with Crippen LogP contribution >= 0.6 is 24.0 Å². The molecule has 40 heavy (non-hydrogen) atoms. The van der Waals surface area contributed by atoms with Crippen molar-refractivity contribution in [1.82, 2.24) is 20.0 Å². The van der Waals surface area contributed by atoms with Gasteiger partial charge in [0.25, 0.3) is 0 Å². The maximum Gasteiger partial charge on any atom is 0.320 e. The van der Waals surface area contributed by atoms with Gasteiger partial charge in [-0.25, -0.2) is 4.79 Å². The largest absolute Gasteiger partial charge is 0.411 e. The van der Waals surface area contributed by atoms with Crippen LogP contribution in [0.2, 0.25) is 5.02 Å². The van der Waals surface area contributed by atoms with Crippen molar-refractivity contribution in [1.29, 1.82) is 0 Å². The van der Waals surface area contributed by atoms with E-state index >= 15 is 0 Å². The lowest BCUT2D eigenvalue weighted by Crippen LogP contribution is -2.61. The molecule has 2 heterocycles. The van der Waals surface area contributed by atoms with Crippen LogP contribution in [0.4, 0.5) is 4.79 Å². The zero-order chi connectivity index (χ0) is 27.9. The summed E-state index contributed by atoms with van der Waals surface area (Å²) < 4.78 is 0. The lowest BCUT2D eigenvalue weighted by Gasteiger charge is -2.48. The Bertz CT molecular complexity index is 970. The number of hydrogen-bond acceptors (Lipinski definition) is 5. The molecule has 1 aliphatic carbocycles. The molecule has 4 rings (SSSR count). The Hall–Kier alpha value is -2.03.